The Morgan fingerprint density at radius 1 is 1.46 bits per heavy atom. The normalized spacial score (nSPS) is 10.4. The molecule has 0 unspecified atom stereocenters. The minimum Gasteiger partial charge on any atom is -0.313 e. The van der Waals surface area contributed by atoms with E-state index in [4.69, 9.17) is 0 Å². The largest absolute Gasteiger partial charge is 0.313 e. The quantitative estimate of drug-likeness (QED) is 0.834. The summed E-state index contributed by atoms with van der Waals surface area (Å²) in [4.78, 5) is 1.30. The van der Waals surface area contributed by atoms with Gasteiger partial charge in [0, 0.05) is 15.9 Å². The van der Waals surface area contributed by atoms with E-state index in [9.17, 15) is 0 Å². The van der Waals surface area contributed by atoms with E-state index < -0.39 is 0 Å². The van der Waals surface area contributed by atoms with Crippen molar-refractivity contribution in [3.05, 3.63) is 28.2 Å². The number of thioether (sulfide) groups is 1. The summed E-state index contributed by atoms with van der Waals surface area (Å²) >= 11 is 5.33. The first-order chi connectivity index (χ1) is 6.27. The van der Waals surface area contributed by atoms with Crippen molar-refractivity contribution in [3.63, 3.8) is 0 Å². The summed E-state index contributed by atoms with van der Waals surface area (Å²) in [6.07, 6.45) is 2.09. The SMILES string of the molecule is CCNCc1ccc(SC)cc1Br. The fourth-order valence-electron chi connectivity index (χ4n) is 1.06. The maximum Gasteiger partial charge on any atom is 0.0231 e. The predicted molar refractivity (Wildman–Crippen MR) is 63.3 cm³/mol. The zero-order valence-corrected chi connectivity index (χ0v) is 10.3. The molecule has 0 fully saturated rings. The van der Waals surface area contributed by atoms with Crippen molar-refractivity contribution >= 4 is 27.7 Å². The number of rotatable bonds is 4. The van der Waals surface area contributed by atoms with Gasteiger partial charge in [-0.05, 0) is 30.5 Å². The monoisotopic (exact) mass is 259 g/mol. The van der Waals surface area contributed by atoms with Gasteiger partial charge in [-0.1, -0.05) is 28.9 Å². The summed E-state index contributed by atoms with van der Waals surface area (Å²) in [5.74, 6) is 0. The molecule has 0 radical (unpaired) electrons. The van der Waals surface area contributed by atoms with Crippen molar-refractivity contribution in [2.45, 2.75) is 18.4 Å². The zero-order valence-electron chi connectivity index (χ0n) is 7.93. The third kappa shape index (κ3) is 3.33. The zero-order chi connectivity index (χ0) is 9.68. The highest BCUT2D eigenvalue weighted by atomic mass is 79.9. The first kappa shape index (κ1) is 11.1. The average Bonchev–Trinajstić information content (AvgIpc) is 2.16. The molecule has 0 aliphatic carbocycles. The van der Waals surface area contributed by atoms with Gasteiger partial charge in [0.05, 0.1) is 0 Å². The molecule has 1 nitrogen and oxygen atoms in total. The Kier molecular flexibility index (Phi) is 4.84. The van der Waals surface area contributed by atoms with Gasteiger partial charge >= 0.3 is 0 Å². The Labute approximate surface area is 92.4 Å². The molecule has 1 aromatic rings. The average molecular weight is 260 g/mol. The lowest BCUT2D eigenvalue weighted by Gasteiger charge is -2.06. The standard InChI is InChI=1S/C10H14BrNS/c1-3-12-7-8-4-5-9(13-2)6-10(8)11/h4-6,12H,3,7H2,1-2H3. The molecule has 0 saturated heterocycles. The highest BCUT2D eigenvalue weighted by Gasteiger charge is 1.99. The molecule has 1 N–H and O–H groups in total. The van der Waals surface area contributed by atoms with Crippen LogP contribution in [0.4, 0.5) is 0 Å². The predicted octanol–water partition coefficient (Wildman–Crippen LogP) is 3.28. The molecule has 0 atom stereocenters. The fourth-order valence-corrected chi connectivity index (χ4v) is 2.17. The van der Waals surface area contributed by atoms with Gasteiger partial charge in [0.15, 0.2) is 0 Å². The van der Waals surface area contributed by atoms with E-state index >= 15 is 0 Å². The number of benzene rings is 1. The smallest absolute Gasteiger partial charge is 0.0231 e. The van der Waals surface area contributed by atoms with Crippen LogP contribution in [0.3, 0.4) is 0 Å². The third-order valence-corrected chi connectivity index (χ3v) is 3.29. The van der Waals surface area contributed by atoms with Crippen LogP contribution in [0.5, 0.6) is 0 Å². The molecule has 1 rings (SSSR count). The van der Waals surface area contributed by atoms with Crippen molar-refractivity contribution in [1.29, 1.82) is 0 Å². The van der Waals surface area contributed by atoms with E-state index in [2.05, 4.69) is 52.6 Å². The Hall–Kier alpha value is 0.01000. The van der Waals surface area contributed by atoms with Gasteiger partial charge in [-0.3, -0.25) is 0 Å². The second kappa shape index (κ2) is 5.68. The van der Waals surface area contributed by atoms with Crippen molar-refractivity contribution in [1.82, 2.24) is 5.32 Å². The molecule has 1 aromatic carbocycles. The molecule has 0 heterocycles. The van der Waals surface area contributed by atoms with Crippen LogP contribution in [0.25, 0.3) is 0 Å². The number of hydrogen-bond donors (Lipinski definition) is 1. The van der Waals surface area contributed by atoms with Crippen LogP contribution in [0.1, 0.15) is 12.5 Å². The summed E-state index contributed by atoms with van der Waals surface area (Å²) in [6, 6.07) is 6.48. The van der Waals surface area contributed by atoms with Crippen LogP contribution in [0.2, 0.25) is 0 Å². The summed E-state index contributed by atoms with van der Waals surface area (Å²) < 4.78 is 1.19. The first-order valence-electron chi connectivity index (χ1n) is 4.31. The van der Waals surface area contributed by atoms with E-state index in [0.717, 1.165) is 13.1 Å². The van der Waals surface area contributed by atoms with E-state index in [1.807, 2.05) is 0 Å². The lowest BCUT2D eigenvalue weighted by molar-refractivity contribution is 0.724. The molecule has 0 saturated carbocycles. The molecule has 0 bridgehead atoms. The summed E-state index contributed by atoms with van der Waals surface area (Å²) in [7, 11) is 0. The maximum atomic E-state index is 3.56. The Balaban J connectivity index is 2.73. The van der Waals surface area contributed by atoms with Gasteiger partial charge in [0.1, 0.15) is 0 Å². The Bertz CT molecular complexity index is 276. The molecule has 0 aliphatic heterocycles. The minimum atomic E-state index is 0.936. The summed E-state index contributed by atoms with van der Waals surface area (Å²) in [6.45, 7) is 4.06. The minimum absolute atomic E-state index is 0.936. The Morgan fingerprint density at radius 3 is 2.77 bits per heavy atom. The van der Waals surface area contributed by atoms with Gasteiger partial charge in [-0.25, -0.2) is 0 Å². The molecule has 72 valence electrons. The van der Waals surface area contributed by atoms with E-state index in [1.54, 1.807) is 11.8 Å². The van der Waals surface area contributed by atoms with Gasteiger partial charge < -0.3 is 5.32 Å². The van der Waals surface area contributed by atoms with Gasteiger partial charge in [-0.2, -0.15) is 0 Å². The second-order valence-corrected chi connectivity index (χ2v) is 4.47. The van der Waals surface area contributed by atoms with Crippen molar-refractivity contribution < 1.29 is 0 Å². The molecule has 13 heavy (non-hydrogen) atoms. The van der Waals surface area contributed by atoms with E-state index in [-0.39, 0.29) is 0 Å². The molecule has 0 aliphatic rings. The third-order valence-electron chi connectivity index (χ3n) is 1.83. The van der Waals surface area contributed by atoms with Crippen LogP contribution in [0, 0.1) is 0 Å². The van der Waals surface area contributed by atoms with Gasteiger partial charge in [0.2, 0.25) is 0 Å². The Morgan fingerprint density at radius 2 is 2.23 bits per heavy atom. The van der Waals surface area contributed by atoms with E-state index in [0.29, 0.717) is 0 Å². The van der Waals surface area contributed by atoms with Gasteiger partial charge in [-0.15, -0.1) is 11.8 Å². The summed E-state index contributed by atoms with van der Waals surface area (Å²) in [5.41, 5.74) is 1.32. The highest BCUT2D eigenvalue weighted by molar-refractivity contribution is 9.10. The van der Waals surface area contributed by atoms with Crippen LogP contribution in [-0.4, -0.2) is 12.8 Å². The number of hydrogen-bond acceptors (Lipinski definition) is 2. The lowest BCUT2D eigenvalue weighted by atomic mass is 10.2. The molecule has 0 aromatic heterocycles. The first-order valence-corrected chi connectivity index (χ1v) is 6.32. The topological polar surface area (TPSA) is 12.0 Å². The molecule has 0 spiro atoms. The molecular weight excluding hydrogens is 246 g/mol. The van der Waals surface area contributed by atoms with Crippen molar-refractivity contribution in [2.75, 3.05) is 12.8 Å². The van der Waals surface area contributed by atoms with Crippen LogP contribution < -0.4 is 5.32 Å². The number of nitrogens with one attached hydrogen (secondary N) is 1. The maximum absolute atomic E-state index is 3.56. The fraction of sp³-hybridized carbons (Fsp3) is 0.400. The summed E-state index contributed by atoms with van der Waals surface area (Å²) in [5, 5.41) is 3.31. The van der Waals surface area contributed by atoms with Crippen molar-refractivity contribution in [2.24, 2.45) is 0 Å². The molecular formula is C10H14BrNS. The van der Waals surface area contributed by atoms with Crippen molar-refractivity contribution in [3.8, 4) is 0 Å². The van der Waals surface area contributed by atoms with Gasteiger partial charge in [0.25, 0.3) is 0 Å². The second-order valence-electron chi connectivity index (χ2n) is 2.74. The highest BCUT2D eigenvalue weighted by Crippen LogP contribution is 2.23. The van der Waals surface area contributed by atoms with Crippen LogP contribution in [-0.2, 0) is 6.54 Å². The lowest BCUT2D eigenvalue weighted by Crippen LogP contribution is -2.11. The van der Waals surface area contributed by atoms with Crippen LogP contribution >= 0.6 is 27.7 Å². The van der Waals surface area contributed by atoms with E-state index in [1.165, 1.54) is 14.9 Å². The molecule has 3 heteroatoms. The number of halogens is 1. The molecule has 0 amide bonds. The van der Waals surface area contributed by atoms with Crippen LogP contribution in [0.15, 0.2) is 27.6 Å².